The molecule has 1 aliphatic carbocycles. The smallest absolute Gasteiger partial charge is 0.217 e. The largest absolute Gasteiger partial charge is 0.387 e. The summed E-state index contributed by atoms with van der Waals surface area (Å²) in [6.45, 7) is 3.35. The molecular weight excluding hydrogens is 462 g/mol. The maximum absolute atomic E-state index is 11.5. The number of aromatic nitrogens is 5. The molecule has 4 aromatic rings. The van der Waals surface area contributed by atoms with Gasteiger partial charge in [0.05, 0.1) is 34.2 Å². The van der Waals surface area contributed by atoms with E-state index >= 15 is 0 Å². The van der Waals surface area contributed by atoms with E-state index in [1.54, 1.807) is 35.0 Å². The van der Waals surface area contributed by atoms with Crippen molar-refractivity contribution < 1.29 is 4.79 Å². The summed E-state index contributed by atoms with van der Waals surface area (Å²) in [5.41, 5.74) is 4.74. The van der Waals surface area contributed by atoms with Gasteiger partial charge in [0.15, 0.2) is 5.01 Å². The Morgan fingerprint density at radius 2 is 2.03 bits per heavy atom. The van der Waals surface area contributed by atoms with Gasteiger partial charge in [0.25, 0.3) is 0 Å². The lowest BCUT2D eigenvalue weighted by molar-refractivity contribution is -0.122. The van der Waals surface area contributed by atoms with E-state index in [0.29, 0.717) is 17.4 Å². The number of nitriles is 1. The van der Waals surface area contributed by atoms with Crippen molar-refractivity contribution in [3.63, 3.8) is 0 Å². The highest BCUT2D eigenvalue weighted by Crippen LogP contribution is 2.43. The maximum atomic E-state index is 11.5. The molecule has 1 amide bonds. The zero-order valence-electron chi connectivity index (χ0n) is 19.3. The first kappa shape index (κ1) is 21.5. The van der Waals surface area contributed by atoms with Crippen molar-refractivity contribution in [2.24, 2.45) is 11.8 Å². The average Bonchev–Trinajstić information content (AvgIpc) is 3.54. The highest BCUT2D eigenvalue weighted by molar-refractivity contribution is 7.18. The maximum Gasteiger partial charge on any atom is 0.217 e. The number of nitrogens with one attached hydrogen (secondary N) is 2. The third kappa shape index (κ3) is 3.66. The summed E-state index contributed by atoms with van der Waals surface area (Å²) >= 11 is 1.56. The van der Waals surface area contributed by atoms with Crippen LogP contribution in [-0.4, -0.2) is 56.9 Å². The van der Waals surface area contributed by atoms with Gasteiger partial charge in [-0.2, -0.15) is 10.4 Å². The third-order valence-corrected chi connectivity index (χ3v) is 7.90. The molecule has 11 heteroatoms. The number of amides is 1. The van der Waals surface area contributed by atoms with Crippen LogP contribution in [0.2, 0.25) is 0 Å². The quantitative estimate of drug-likeness (QED) is 0.442. The van der Waals surface area contributed by atoms with Gasteiger partial charge < -0.3 is 15.5 Å². The van der Waals surface area contributed by atoms with Crippen LogP contribution in [0.4, 0.5) is 10.8 Å². The standard InChI is InChI=1S/C24H23N9OS/c1-13(34)29-22-15-6-16(22)12-32(11-15)24-31-30-23(35-24)18-10-27-20(7-19(18)26-2)21-4-3-17-5-14(8-25)9-28-33(17)21/h3-5,7,9-10,15-16,22H,6,11-12H2,1-2H3,(H,26,27)(H,29,34)/t15-,16+,22-. The predicted octanol–water partition coefficient (Wildman–Crippen LogP) is 2.79. The van der Waals surface area contributed by atoms with Crippen LogP contribution in [-0.2, 0) is 4.79 Å². The molecular formula is C24H23N9OS. The zero-order chi connectivity index (χ0) is 24.1. The van der Waals surface area contributed by atoms with Crippen molar-refractivity contribution in [2.75, 3.05) is 30.4 Å². The number of pyridine rings is 1. The fraction of sp³-hybridized carbons (Fsp3) is 0.333. The van der Waals surface area contributed by atoms with E-state index in [1.165, 1.54) is 0 Å². The van der Waals surface area contributed by atoms with Crippen LogP contribution in [0.15, 0.2) is 36.7 Å². The second-order valence-corrected chi connectivity index (χ2v) is 10.0. The fourth-order valence-electron chi connectivity index (χ4n) is 5.19. The molecule has 7 rings (SSSR count). The number of fused-ring (bicyclic) bond motifs is 3. The lowest BCUT2D eigenvalue weighted by atomic mass is 9.66. The van der Waals surface area contributed by atoms with E-state index in [9.17, 15) is 4.79 Å². The Balaban J connectivity index is 1.25. The van der Waals surface area contributed by atoms with E-state index in [2.05, 4.69) is 36.9 Å². The molecule has 2 saturated heterocycles. The monoisotopic (exact) mass is 485 g/mol. The molecule has 6 heterocycles. The first-order valence-corrected chi connectivity index (χ1v) is 12.3. The van der Waals surface area contributed by atoms with Crippen LogP contribution in [0.25, 0.3) is 27.5 Å². The number of rotatable bonds is 5. The molecule has 2 N–H and O–H groups in total. The van der Waals surface area contributed by atoms with Gasteiger partial charge in [-0.05, 0) is 42.5 Å². The van der Waals surface area contributed by atoms with Crippen molar-refractivity contribution in [1.82, 2.24) is 30.1 Å². The molecule has 0 radical (unpaired) electrons. The van der Waals surface area contributed by atoms with Crippen molar-refractivity contribution in [1.29, 1.82) is 5.26 Å². The molecule has 2 aliphatic heterocycles. The highest BCUT2D eigenvalue weighted by atomic mass is 32.1. The molecule has 35 heavy (non-hydrogen) atoms. The minimum Gasteiger partial charge on any atom is -0.387 e. The van der Waals surface area contributed by atoms with Crippen LogP contribution < -0.4 is 15.5 Å². The van der Waals surface area contributed by atoms with Crippen LogP contribution in [0.1, 0.15) is 18.9 Å². The Kier molecular flexibility index (Phi) is 5.11. The lowest BCUT2D eigenvalue weighted by Crippen LogP contribution is -2.64. The number of hydrogen-bond donors (Lipinski definition) is 2. The molecule has 3 aliphatic rings. The fourth-order valence-corrected chi connectivity index (χ4v) is 6.08. The van der Waals surface area contributed by atoms with Crippen LogP contribution in [0.5, 0.6) is 0 Å². The second-order valence-electron chi connectivity index (χ2n) is 9.05. The van der Waals surface area contributed by atoms with Crippen molar-refractivity contribution >= 4 is 33.6 Å². The molecule has 0 aromatic carbocycles. The molecule has 1 saturated carbocycles. The summed E-state index contributed by atoms with van der Waals surface area (Å²) in [7, 11) is 1.87. The van der Waals surface area contributed by atoms with E-state index < -0.39 is 0 Å². The van der Waals surface area contributed by atoms with Gasteiger partial charge in [-0.25, -0.2) is 4.52 Å². The Labute approximate surface area is 205 Å². The van der Waals surface area contributed by atoms with E-state index in [-0.39, 0.29) is 11.9 Å². The molecule has 176 valence electrons. The summed E-state index contributed by atoms with van der Waals surface area (Å²) < 4.78 is 1.78. The number of nitrogens with zero attached hydrogens (tertiary/aromatic N) is 7. The van der Waals surface area contributed by atoms with Gasteiger partial charge in [0.1, 0.15) is 6.07 Å². The SMILES string of the molecule is CNc1cc(-c2ccc3cc(C#N)cnn23)ncc1-c1nnc(N2C[C@H]3C[C@@H](C2)[C@@H]3NC(C)=O)s1. The second kappa shape index (κ2) is 8.32. The molecule has 3 atom stereocenters. The summed E-state index contributed by atoms with van der Waals surface area (Å²) in [6, 6.07) is 10.1. The molecule has 4 aromatic heterocycles. The zero-order valence-corrected chi connectivity index (χ0v) is 20.1. The van der Waals surface area contributed by atoms with Crippen molar-refractivity contribution in [3.8, 4) is 28.0 Å². The van der Waals surface area contributed by atoms with Crippen LogP contribution >= 0.6 is 11.3 Å². The summed E-state index contributed by atoms with van der Waals surface area (Å²) in [5.74, 6) is 0.977. The highest BCUT2D eigenvalue weighted by Gasteiger charge is 2.47. The van der Waals surface area contributed by atoms with Gasteiger partial charge >= 0.3 is 0 Å². The minimum atomic E-state index is 0.0442. The van der Waals surface area contributed by atoms with Crippen LogP contribution in [0, 0.1) is 23.2 Å². The number of anilines is 2. The summed E-state index contributed by atoms with van der Waals surface area (Å²) in [5, 5.41) is 30.5. The normalized spacial score (nSPS) is 20.8. The molecule has 0 spiro atoms. The Bertz CT molecular complexity index is 1470. The van der Waals surface area contributed by atoms with Gasteiger partial charge in [-0.1, -0.05) is 11.3 Å². The van der Waals surface area contributed by atoms with Crippen LogP contribution in [0.3, 0.4) is 0 Å². The number of hydrogen-bond acceptors (Lipinski definition) is 9. The Hall–Kier alpha value is -4.04. The van der Waals surface area contributed by atoms with Gasteiger partial charge in [-0.15, -0.1) is 10.2 Å². The summed E-state index contributed by atoms with van der Waals surface area (Å²) in [6.07, 6.45) is 4.52. The number of carbonyl (C=O) groups is 1. The Morgan fingerprint density at radius 1 is 1.20 bits per heavy atom. The van der Waals surface area contributed by atoms with Gasteiger partial charge in [0, 0.05) is 45.0 Å². The van der Waals surface area contributed by atoms with E-state index in [0.717, 1.165) is 57.8 Å². The summed E-state index contributed by atoms with van der Waals surface area (Å²) in [4.78, 5) is 18.4. The number of piperidine rings is 2. The van der Waals surface area contributed by atoms with Crippen molar-refractivity contribution in [3.05, 3.63) is 42.2 Å². The van der Waals surface area contributed by atoms with Crippen molar-refractivity contribution in [2.45, 2.75) is 19.4 Å². The molecule has 10 nitrogen and oxygen atoms in total. The van der Waals surface area contributed by atoms with Gasteiger partial charge in [-0.3, -0.25) is 9.78 Å². The predicted molar refractivity (Wildman–Crippen MR) is 133 cm³/mol. The van der Waals surface area contributed by atoms with E-state index in [1.807, 2.05) is 31.4 Å². The third-order valence-electron chi connectivity index (χ3n) is 6.88. The molecule has 0 unspecified atom stereocenters. The molecule has 3 fully saturated rings. The Morgan fingerprint density at radius 3 is 2.77 bits per heavy atom. The van der Waals surface area contributed by atoms with Gasteiger partial charge in [0.2, 0.25) is 11.0 Å². The topological polar surface area (TPSA) is 124 Å². The number of carbonyl (C=O) groups excluding carboxylic acids is 1. The average molecular weight is 486 g/mol. The minimum absolute atomic E-state index is 0.0442. The van der Waals surface area contributed by atoms with E-state index in [4.69, 9.17) is 10.2 Å². The first-order valence-electron chi connectivity index (χ1n) is 11.5. The molecule has 2 bridgehead atoms. The lowest BCUT2D eigenvalue weighted by Gasteiger charge is -2.53. The first-order chi connectivity index (χ1) is 17.0.